The molecule has 150 valence electrons. The lowest BCUT2D eigenvalue weighted by Crippen LogP contribution is -2.45. The lowest BCUT2D eigenvalue weighted by molar-refractivity contribution is -0.120. The molecule has 1 N–H and O–H groups in total. The van der Waals surface area contributed by atoms with E-state index in [9.17, 15) is 13.2 Å². The summed E-state index contributed by atoms with van der Waals surface area (Å²) in [6.45, 7) is 6.07. The molecule has 0 radical (unpaired) electrons. The molecule has 0 fully saturated rings. The fraction of sp³-hybridized carbons (Fsp3) is 0.381. The minimum atomic E-state index is -3.83. The number of amides is 1. The Morgan fingerprint density at radius 2 is 1.82 bits per heavy atom. The highest BCUT2D eigenvalue weighted by atomic mass is 32.2. The van der Waals surface area contributed by atoms with Gasteiger partial charge in [-0.1, -0.05) is 38.1 Å². The number of carbonyl (C=O) groups is 1. The standard InChI is InChI=1S/C21H26N2O4S/c1-14(2)16-9-10-19-18(11-16)17-7-5-6-8-20(17)28(25,26)23(19)12-21(24)22-15(3)13-27-4/h5-11,14-15H,12-13H2,1-4H3,(H,22,24). The van der Waals surface area contributed by atoms with Gasteiger partial charge in [-0.25, -0.2) is 8.42 Å². The van der Waals surface area contributed by atoms with E-state index in [0.29, 0.717) is 23.8 Å². The van der Waals surface area contributed by atoms with Gasteiger partial charge in [-0.15, -0.1) is 0 Å². The Hall–Kier alpha value is -2.38. The molecule has 2 aromatic carbocycles. The van der Waals surface area contributed by atoms with Crippen molar-refractivity contribution in [2.24, 2.45) is 0 Å². The molecular formula is C21H26N2O4S. The second-order valence-electron chi connectivity index (χ2n) is 7.36. The van der Waals surface area contributed by atoms with Crippen LogP contribution >= 0.6 is 0 Å². The van der Waals surface area contributed by atoms with Gasteiger partial charge in [0, 0.05) is 24.3 Å². The molecule has 0 spiro atoms. The van der Waals surface area contributed by atoms with Crippen LogP contribution < -0.4 is 9.62 Å². The largest absolute Gasteiger partial charge is 0.383 e. The molecule has 0 saturated heterocycles. The maximum absolute atomic E-state index is 13.3. The molecule has 0 aliphatic carbocycles. The predicted molar refractivity (Wildman–Crippen MR) is 110 cm³/mol. The van der Waals surface area contributed by atoms with Crippen LogP contribution in [0.25, 0.3) is 11.1 Å². The molecule has 1 heterocycles. The quantitative estimate of drug-likeness (QED) is 0.805. The first kappa shape index (κ1) is 20.4. The minimum Gasteiger partial charge on any atom is -0.383 e. The normalized spacial score (nSPS) is 15.7. The number of anilines is 1. The summed E-state index contributed by atoms with van der Waals surface area (Å²) in [5.74, 6) is -0.0611. The van der Waals surface area contributed by atoms with Gasteiger partial charge in [0.05, 0.1) is 17.2 Å². The van der Waals surface area contributed by atoms with Gasteiger partial charge in [-0.2, -0.15) is 0 Å². The van der Waals surface area contributed by atoms with Crippen LogP contribution in [0.3, 0.4) is 0 Å². The smallest absolute Gasteiger partial charge is 0.265 e. The summed E-state index contributed by atoms with van der Waals surface area (Å²) in [6.07, 6.45) is 0. The van der Waals surface area contributed by atoms with Crippen molar-refractivity contribution in [3.8, 4) is 11.1 Å². The summed E-state index contributed by atoms with van der Waals surface area (Å²) in [5, 5.41) is 2.78. The third-order valence-corrected chi connectivity index (χ3v) is 6.63. The Kier molecular flexibility index (Phi) is 5.76. The molecule has 3 rings (SSSR count). The van der Waals surface area contributed by atoms with Crippen molar-refractivity contribution in [3.63, 3.8) is 0 Å². The number of nitrogens with one attached hydrogen (secondary N) is 1. The lowest BCUT2D eigenvalue weighted by Gasteiger charge is -2.32. The van der Waals surface area contributed by atoms with Gasteiger partial charge in [0.15, 0.2) is 0 Å². The number of rotatable bonds is 6. The number of hydrogen-bond donors (Lipinski definition) is 1. The molecule has 0 saturated carbocycles. The van der Waals surface area contributed by atoms with E-state index >= 15 is 0 Å². The first-order chi connectivity index (χ1) is 13.3. The van der Waals surface area contributed by atoms with E-state index in [-0.39, 0.29) is 23.4 Å². The number of hydrogen-bond acceptors (Lipinski definition) is 4. The zero-order chi connectivity index (χ0) is 20.5. The summed E-state index contributed by atoms with van der Waals surface area (Å²) in [5.41, 5.74) is 3.14. The van der Waals surface area contributed by atoms with E-state index in [1.54, 1.807) is 25.3 Å². The van der Waals surface area contributed by atoms with Crippen molar-refractivity contribution < 1.29 is 17.9 Å². The van der Waals surface area contributed by atoms with Crippen LogP contribution in [0, 0.1) is 0 Å². The first-order valence-corrected chi connectivity index (χ1v) is 10.7. The maximum atomic E-state index is 13.3. The van der Waals surface area contributed by atoms with Gasteiger partial charge in [0.1, 0.15) is 6.54 Å². The maximum Gasteiger partial charge on any atom is 0.265 e. The molecular weight excluding hydrogens is 376 g/mol. The second kappa shape index (κ2) is 7.93. The van der Waals surface area contributed by atoms with Gasteiger partial charge in [0.25, 0.3) is 10.0 Å². The molecule has 7 heteroatoms. The van der Waals surface area contributed by atoms with Crippen LogP contribution in [-0.2, 0) is 19.6 Å². The van der Waals surface area contributed by atoms with Crippen molar-refractivity contribution in [2.75, 3.05) is 24.6 Å². The average Bonchev–Trinajstić information content (AvgIpc) is 2.65. The number of benzene rings is 2. The topological polar surface area (TPSA) is 75.7 Å². The van der Waals surface area contributed by atoms with Crippen LogP contribution in [0.15, 0.2) is 47.4 Å². The van der Waals surface area contributed by atoms with Crippen molar-refractivity contribution >= 4 is 21.6 Å². The van der Waals surface area contributed by atoms with Gasteiger partial charge in [-0.3, -0.25) is 9.10 Å². The number of fused-ring (bicyclic) bond motifs is 3. The summed E-state index contributed by atoms with van der Waals surface area (Å²) in [7, 11) is -2.28. The molecule has 1 unspecified atom stereocenters. The second-order valence-corrected chi connectivity index (χ2v) is 9.19. The number of ether oxygens (including phenoxy) is 1. The van der Waals surface area contributed by atoms with E-state index in [0.717, 1.165) is 11.1 Å². The molecule has 0 bridgehead atoms. The Labute approximate surface area is 166 Å². The molecule has 1 amide bonds. The Bertz CT molecular complexity index is 986. The van der Waals surface area contributed by atoms with Crippen LogP contribution in [0.5, 0.6) is 0 Å². The van der Waals surface area contributed by atoms with Crippen LogP contribution in [0.4, 0.5) is 5.69 Å². The van der Waals surface area contributed by atoms with Crippen LogP contribution in [-0.4, -0.2) is 40.6 Å². The SMILES string of the molecule is COCC(C)NC(=O)CN1c2ccc(C(C)C)cc2-c2ccccc2S1(=O)=O. The van der Waals surface area contributed by atoms with Gasteiger partial charge < -0.3 is 10.1 Å². The average molecular weight is 403 g/mol. The summed E-state index contributed by atoms with van der Waals surface area (Å²) in [4.78, 5) is 12.7. The fourth-order valence-electron chi connectivity index (χ4n) is 3.42. The highest BCUT2D eigenvalue weighted by Crippen LogP contribution is 2.43. The zero-order valence-electron chi connectivity index (χ0n) is 16.6. The van der Waals surface area contributed by atoms with Crippen LogP contribution in [0.2, 0.25) is 0 Å². The molecule has 1 aliphatic heterocycles. The fourth-order valence-corrected chi connectivity index (χ4v) is 5.07. The van der Waals surface area contributed by atoms with Gasteiger partial charge >= 0.3 is 0 Å². The van der Waals surface area contributed by atoms with E-state index in [4.69, 9.17) is 4.74 Å². The van der Waals surface area contributed by atoms with Crippen LogP contribution in [0.1, 0.15) is 32.3 Å². The summed E-state index contributed by atoms with van der Waals surface area (Å²) in [6, 6.07) is 12.5. The first-order valence-electron chi connectivity index (χ1n) is 9.30. The summed E-state index contributed by atoms with van der Waals surface area (Å²) < 4.78 is 32.7. The molecule has 6 nitrogen and oxygen atoms in total. The number of sulfonamides is 1. The third-order valence-electron chi connectivity index (χ3n) is 4.81. The van der Waals surface area contributed by atoms with Crippen molar-refractivity contribution in [1.29, 1.82) is 0 Å². The number of methoxy groups -OCH3 is 1. The molecule has 1 aliphatic rings. The third kappa shape index (κ3) is 3.77. The van der Waals surface area contributed by atoms with E-state index < -0.39 is 10.0 Å². The van der Waals surface area contributed by atoms with Crippen molar-refractivity contribution in [1.82, 2.24) is 5.32 Å². The van der Waals surface area contributed by atoms with Gasteiger partial charge in [0.2, 0.25) is 5.91 Å². The lowest BCUT2D eigenvalue weighted by atomic mass is 9.95. The molecule has 28 heavy (non-hydrogen) atoms. The number of nitrogens with zero attached hydrogens (tertiary/aromatic N) is 1. The Morgan fingerprint density at radius 3 is 2.50 bits per heavy atom. The monoisotopic (exact) mass is 402 g/mol. The molecule has 2 aromatic rings. The highest BCUT2D eigenvalue weighted by Gasteiger charge is 2.36. The highest BCUT2D eigenvalue weighted by molar-refractivity contribution is 7.93. The predicted octanol–water partition coefficient (Wildman–Crippen LogP) is 3.14. The summed E-state index contributed by atoms with van der Waals surface area (Å²) >= 11 is 0. The Balaban J connectivity index is 2.06. The van der Waals surface area contributed by atoms with E-state index in [2.05, 4.69) is 19.2 Å². The van der Waals surface area contributed by atoms with E-state index in [1.165, 1.54) is 4.31 Å². The molecule has 1 atom stereocenters. The zero-order valence-corrected chi connectivity index (χ0v) is 17.4. The van der Waals surface area contributed by atoms with Crippen molar-refractivity contribution in [3.05, 3.63) is 48.0 Å². The van der Waals surface area contributed by atoms with E-state index in [1.807, 2.05) is 31.2 Å². The number of carbonyl (C=O) groups excluding carboxylic acids is 1. The van der Waals surface area contributed by atoms with Gasteiger partial charge in [-0.05, 0) is 36.6 Å². The van der Waals surface area contributed by atoms with Crippen molar-refractivity contribution in [2.45, 2.75) is 37.6 Å². The minimum absolute atomic E-state index is 0.208. The Morgan fingerprint density at radius 1 is 1.11 bits per heavy atom. The molecule has 0 aromatic heterocycles.